The van der Waals surface area contributed by atoms with Crippen molar-refractivity contribution in [1.82, 2.24) is 4.90 Å². The molecule has 1 atom stereocenters. The zero-order valence-electron chi connectivity index (χ0n) is 19.8. The third-order valence-corrected chi connectivity index (χ3v) is 7.57. The summed E-state index contributed by atoms with van der Waals surface area (Å²) in [5.74, 6) is 1.31. The van der Waals surface area contributed by atoms with Crippen LogP contribution in [0.1, 0.15) is 45.2 Å². The van der Waals surface area contributed by atoms with Gasteiger partial charge in [0.1, 0.15) is 0 Å². The Kier molecular flexibility index (Phi) is 6.55. The van der Waals surface area contributed by atoms with Crippen LogP contribution in [0.3, 0.4) is 0 Å². The lowest BCUT2D eigenvalue weighted by Gasteiger charge is -2.37. The molecule has 1 aliphatic heterocycles. The van der Waals surface area contributed by atoms with Crippen LogP contribution in [0, 0.1) is 0 Å². The molecule has 0 aliphatic carbocycles. The second-order valence-corrected chi connectivity index (χ2v) is 9.63. The van der Waals surface area contributed by atoms with E-state index in [9.17, 15) is 9.59 Å². The first kappa shape index (κ1) is 23.1. The minimum atomic E-state index is -0.207. The lowest BCUT2D eigenvalue weighted by atomic mass is 9.90. The minimum absolute atomic E-state index is 0.0133. The molecule has 0 bridgehead atoms. The van der Waals surface area contributed by atoms with Crippen molar-refractivity contribution in [3.8, 4) is 11.5 Å². The largest absolute Gasteiger partial charge is 0.493 e. The molecule has 0 N–H and O–H groups in total. The summed E-state index contributed by atoms with van der Waals surface area (Å²) in [6, 6.07) is 21.5. The van der Waals surface area contributed by atoms with E-state index in [0.29, 0.717) is 23.6 Å². The lowest BCUT2D eigenvalue weighted by Crippen LogP contribution is -2.40. The summed E-state index contributed by atoms with van der Waals surface area (Å²) in [5, 5.41) is 4.15. The molecule has 3 aromatic carbocycles. The Hall–Kier alpha value is -3.64. The van der Waals surface area contributed by atoms with Crippen LogP contribution in [0.25, 0.3) is 10.8 Å². The molecule has 0 fully saturated rings. The Bertz CT molecular complexity index is 1380. The van der Waals surface area contributed by atoms with Gasteiger partial charge in [-0.2, -0.15) is 0 Å². The summed E-state index contributed by atoms with van der Waals surface area (Å²) in [6.07, 6.45) is 1.09. The Morgan fingerprint density at radius 3 is 2.43 bits per heavy atom. The van der Waals surface area contributed by atoms with Crippen LogP contribution < -0.4 is 9.47 Å². The first-order valence-electron chi connectivity index (χ1n) is 11.7. The molecule has 6 heteroatoms. The monoisotopic (exact) mass is 485 g/mol. The van der Waals surface area contributed by atoms with E-state index in [1.807, 2.05) is 70.9 Å². The number of carbonyl (C=O) groups is 2. The number of amides is 1. The number of ether oxygens (including phenoxy) is 2. The van der Waals surface area contributed by atoms with Gasteiger partial charge >= 0.3 is 0 Å². The third-order valence-electron chi connectivity index (χ3n) is 6.64. The maximum atomic E-state index is 13.5. The lowest BCUT2D eigenvalue weighted by molar-refractivity contribution is -0.133. The Labute approximate surface area is 208 Å². The first-order valence-corrected chi connectivity index (χ1v) is 12.6. The quantitative estimate of drug-likeness (QED) is 0.299. The van der Waals surface area contributed by atoms with Gasteiger partial charge in [0.2, 0.25) is 5.91 Å². The van der Waals surface area contributed by atoms with Gasteiger partial charge in [0, 0.05) is 29.8 Å². The van der Waals surface area contributed by atoms with E-state index >= 15 is 0 Å². The van der Waals surface area contributed by atoms with E-state index in [2.05, 4.69) is 6.07 Å². The normalized spacial score (nSPS) is 15.0. The minimum Gasteiger partial charge on any atom is -0.493 e. The topological polar surface area (TPSA) is 55.8 Å². The van der Waals surface area contributed by atoms with Crippen molar-refractivity contribution >= 4 is 33.8 Å². The highest BCUT2D eigenvalue weighted by Gasteiger charge is 2.34. The molecule has 5 rings (SSSR count). The van der Waals surface area contributed by atoms with Crippen molar-refractivity contribution in [2.24, 2.45) is 0 Å². The molecule has 35 heavy (non-hydrogen) atoms. The fourth-order valence-corrected chi connectivity index (χ4v) is 5.69. The van der Waals surface area contributed by atoms with E-state index in [-0.39, 0.29) is 30.6 Å². The number of ketones is 1. The van der Waals surface area contributed by atoms with Crippen molar-refractivity contribution < 1.29 is 19.1 Å². The summed E-state index contributed by atoms with van der Waals surface area (Å²) in [5.41, 5.74) is 2.84. The molecule has 0 radical (unpaired) electrons. The number of nitrogens with zero attached hydrogens (tertiary/aromatic N) is 1. The molecule has 0 spiro atoms. The van der Waals surface area contributed by atoms with Crippen LogP contribution in [0.4, 0.5) is 0 Å². The summed E-state index contributed by atoms with van der Waals surface area (Å²) in [4.78, 5) is 29.4. The fourth-order valence-electron chi connectivity index (χ4n) is 4.84. The van der Waals surface area contributed by atoms with E-state index in [0.717, 1.165) is 33.2 Å². The van der Waals surface area contributed by atoms with Crippen LogP contribution in [-0.4, -0.2) is 37.4 Å². The maximum Gasteiger partial charge on any atom is 0.223 e. The second kappa shape index (κ2) is 9.92. The van der Waals surface area contributed by atoms with Gasteiger partial charge in [0.15, 0.2) is 17.3 Å². The van der Waals surface area contributed by atoms with Gasteiger partial charge in [-0.3, -0.25) is 9.59 Å². The van der Waals surface area contributed by atoms with Crippen LogP contribution in [0.15, 0.2) is 72.1 Å². The molecule has 1 unspecified atom stereocenters. The molecule has 5 nitrogen and oxygen atoms in total. The highest BCUT2D eigenvalue weighted by molar-refractivity contribution is 7.10. The molecule has 2 heterocycles. The molecule has 4 aromatic rings. The number of hydrogen-bond donors (Lipinski definition) is 0. The molecular weight excluding hydrogens is 458 g/mol. The average molecular weight is 486 g/mol. The Morgan fingerprint density at radius 1 is 0.914 bits per heavy atom. The predicted molar refractivity (Wildman–Crippen MR) is 139 cm³/mol. The number of rotatable bonds is 7. The number of carbonyl (C=O) groups excluding carboxylic acids is 2. The molecule has 178 valence electrons. The molecule has 1 aromatic heterocycles. The van der Waals surface area contributed by atoms with E-state index < -0.39 is 0 Å². The number of fused-ring (bicyclic) bond motifs is 2. The van der Waals surface area contributed by atoms with Crippen LogP contribution in [-0.2, 0) is 11.2 Å². The van der Waals surface area contributed by atoms with Crippen molar-refractivity contribution in [3.63, 3.8) is 0 Å². The summed E-state index contributed by atoms with van der Waals surface area (Å²) in [6.45, 7) is 0.591. The van der Waals surface area contributed by atoms with Gasteiger partial charge in [-0.15, -0.1) is 11.3 Å². The van der Waals surface area contributed by atoms with E-state index in [4.69, 9.17) is 9.47 Å². The predicted octanol–water partition coefficient (Wildman–Crippen LogP) is 6.06. The number of benzene rings is 3. The molecular formula is C29H27NO4S. The number of hydrogen-bond acceptors (Lipinski definition) is 5. The fraction of sp³-hybridized carbons (Fsp3) is 0.241. The SMILES string of the molecule is COc1cc2c(cc1OC)C(c1cccs1)N(C(=O)CCC(=O)c1ccc3ccccc3c1)CC2. The van der Waals surface area contributed by atoms with Gasteiger partial charge in [0.05, 0.1) is 20.3 Å². The summed E-state index contributed by atoms with van der Waals surface area (Å²) < 4.78 is 11.0. The van der Waals surface area contributed by atoms with Crippen LogP contribution in [0.2, 0.25) is 0 Å². The number of methoxy groups -OCH3 is 2. The Morgan fingerprint density at radius 2 is 1.69 bits per heavy atom. The highest BCUT2D eigenvalue weighted by Crippen LogP contribution is 2.42. The van der Waals surface area contributed by atoms with Crippen molar-refractivity contribution in [2.45, 2.75) is 25.3 Å². The van der Waals surface area contributed by atoms with E-state index in [1.165, 1.54) is 0 Å². The van der Waals surface area contributed by atoms with Crippen molar-refractivity contribution in [3.05, 3.63) is 93.7 Å². The summed E-state index contributed by atoms with van der Waals surface area (Å²) in [7, 11) is 3.25. The van der Waals surface area contributed by atoms with Crippen LogP contribution >= 0.6 is 11.3 Å². The number of Topliss-reactive ketones (excluding diaryl/α,β-unsaturated/α-hetero) is 1. The first-order chi connectivity index (χ1) is 17.1. The molecule has 1 amide bonds. The second-order valence-electron chi connectivity index (χ2n) is 8.65. The van der Waals surface area contributed by atoms with Crippen molar-refractivity contribution in [1.29, 1.82) is 0 Å². The van der Waals surface area contributed by atoms with E-state index in [1.54, 1.807) is 25.6 Å². The molecule has 1 aliphatic rings. The maximum absolute atomic E-state index is 13.5. The third kappa shape index (κ3) is 4.54. The highest BCUT2D eigenvalue weighted by atomic mass is 32.1. The smallest absolute Gasteiger partial charge is 0.223 e. The standard InChI is InChI=1S/C29H27NO4S/c1-33-25-17-21-13-14-30(29(27-8-5-15-35-27)23(21)18-26(25)34-2)28(32)12-11-24(31)22-10-9-19-6-3-4-7-20(19)16-22/h3-10,15-18,29H,11-14H2,1-2H3. The van der Waals surface area contributed by atoms with Crippen LogP contribution in [0.5, 0.6) is 11.5 Å². The Balaban J connectivity index is 1.38. The van der Waals surface area contributed by atoms with Gasteiger partial charge in [0.25, 0.3) is 0 Å². The summed E-state index contributed by atoms with van der Waals surface area (Å²) >= 11 is 1.63. The average Bonchev–Trinajstić information content (AvgIpc) is 3.44. The number of thiophene rings is 1. The van der Waals surface area contributed by atoms with Gasteiger partial charge < -0.3 is 14.4 Å². The van der Waals surface area contributed by atoms with Gasteiger partial charge in [-0.25, -0.2) is 0 Å². The van der Waals surface area contributed by atoms with Gasteiger partial charge in [-0.05, 0) is 58.0 Å². The zero-order chi connectivity index (χ0) is 24.4. The molecule has 0 saturated carbocycles. The van der Waals surface area contributed by atoms with Gasteiger partial charge in [-0.1, -0.05) is 42.5 Å². The zero-order valence-corrected chi connectivity index (χ0v) is 20.6. The van der Waals surface area contributed by atoms with Crippen molar-refractivity contribution in [2.75, 3.05) is 20.8 Å². The molecule has 0 saturated heterocycles.